The number of nitrogens with zero attached hydrogens (tertiary/aromatic N) is 3. The average molecular weight is 588 g/mol. The summed E-state index contributed by atoms with van der Waals surface area (Å²) in [5, 5.41) is 1.92. The number of alkyl halides is 6. The van der Waals surface area contributed by atoms with Crippen LogP contribution in [0.25, 0.3) is 0 Å². The molecule has 2 unspecified atom stereocenters. The standard InChI is InChI=1S/C27H24F7N3O2S/c1-15-9-19(28)3-4-20(15)22-14-37(25(39)23-35-6-8-40-23)7-5-21(22)24(38)36(2)13-16-10-17(26(29,30)31)12-18(11-16)27(32,33)34/h3-4,6,8-12,21-22H,5,7,13-14H2,1-2H3. The maximum absolute atomic E-state index is 13.9. The molecule has 40 heavy (non-hydrogen) atoms. The smallest absolute Gasteiger partial charge is 0.341 e. The van der Waals surface area contributed by atoms with Crippen molar-refractivity contribution >= 4 is 23.2 Å². The Kier molecular flexibility index (Phi) is 8.25. The highest BCUT2D eigenvalue weighted by Crippen LogP contribution is 2.38. The van der Waals surface area contributed by atoms with Crippen LogP contribution in [0.15, 0.2) is 48.0 Å². The van der Waals surface area contributed by atoms with Crippen LogP contribution in [0, 0.1) is 18.7 Å². The zero-order valence-electron chi connectivity index (χ0n) is 21.3. The molecule has 1 aliphatic heterocycles. The van der Waals surface area contributed by atoms with E-state index in [2.05, 4.69) is 4.98 Å². The molecule has 1 fully saturated rings. The predicted octanol–water partition coefficient (Wildman–Crippen LogP) is 6.53. The van der Waals surface area contributed by atoms with E-state index in [1.807, 2.05) is 0 Å². The highest BCUT2D eigenvalue weighted by molar-refractivity contribution is 7.11. The molecule has 4 rings (SSSR count). The third-order valence-corrected chi connectivity index (χ3v) is 7.67. The summed E-state index contributed by atoms with van der Waals surface area (Å²) in [6.45, 7) is 1.43. The van der Waals surface area contributed by atoms with Gasteiger partial charge in [-0.3, -0.25) is 9.59 Å². The van der Waals surface area contributed by atoms with Crippen LogP contribution in [0.5, 0.6) is 0 Å². The number of thiazole rings is 1. The maximum atomic E-state index is 13.9. The topological polar surface area (TPSA) is 53.5 Å². The van der Waals surface area contributed by atoms with Gasteiger partial charge in [-0.2, -0.15) is 26.3 Å². The highest BCUT2D eigenvalue weighted by atomic mass is 32.1. The second-order valence-electron chi connectivity index (χ2n) is 9.70. The number of aryl methyl sites for hydroxylation is 1. The van der Waals surface area contributed by atoms with E-state index in [0.29, 0.717) is 23.3 Å². The lowest BCUT2D eigenvalue weighted by molar-refractivity contribution is -0.143. The van der Waals surface area contributed by atoms with Crippen molar-refractivity contribution in [3.63, 3.8) is 0 Å². The number of piperidine rings is 1. The summed E-state index contributed by atoms with van der Waals surface area (Å²) < 4.78 is 93.8. The first kappa shape index (κ1) is 29.5. The quantitative estimate of drug-likeness (QED) is 0.319. The van der Waals surface area contributed by atoms with E-state index in [4.69, 9.17) is 0 Å². The lowest BCUT2D eigenvalue weighted by Crippen LogP contribution is -2.47. The molecular formula is C27H24F7N3O2S. The minimum absolute atomic E-state index is 0.0356. The molecular weight excluding hydrogens is 563 g/mol. The van der Waals surface area contributed by atoms with Crippen molar-refractivity contribution < 1.29 is 40.3 Å². The Morgan fingerprint density at radius 3 is 2.25 bits per heavy atom. The summed E-state index contributed by atoms with van der Waals surface area (Å²) in [6.07, 6.45) is -8.36. The number of hydrogen-bond donors (Lipinski definition) is 0. The number of halogens is 7. The Morgan fingerprint density at radius 2 is 1.70 bits per heavy atom. The van der Waals surface area contributed by atoms with Crippen LogP contribution in [0.1, 0.15) is 50.0 Å². The van der Waals surface area contributed by atoms with E-state index in [9.17, 15) is 40.3 Å². The van der Waals surface area contributed by atoms with Gasteiger partial charge in [-0.15, -0.1) is 11.3 Å². The molecule has 1 saturated heterocycles. The normalized spacial score (nSPS) is 18.1. The molecule has 2 amide bonds. The SMILES string of the molecule is Cc1cc(F)ccc1C1CN(C(=O)c2nccs2)CCC1C(=O)N(C)Cc1cc(C(F)(F)F)cc(C(F)(F)F)c1. The van der Waals surface area contributed by atoms with E-state index in [0.717, 1.165) is 16.2 Å². The zero-order valence-corrected chi connectivity index (χ0v) is 22.1. The Labute approximate surface area is 229 Å². The molecule has 1 aliphatic rings. The summed E-state index contributed by atoms with van der Waals surface area (Å²) in [6, 6.07) is 5.27. The summed E-state index contributed by atoms with van der Waals surface area (Å²) in [5.41, 5.74) is -2.10. The molecule has 13 heteroatoms. The van der Waals surface area contributed by atoms with Gasteiger partial charge in [0.05, 0.1) is 11.1 Å². The predicted molar refractivity (Wildman–Crippen MR) is 133 cm³/mol. The van der Waals surface area contributed by atoms with Gasteiger partial charge in [0.15, 0.2) is 5.01 Å². The monoisotopic (exact) mass is 587 g/mol. The van der Waals surface area contributed by atoms with Crippen LogP contribution >= 0.6 is 11.3 Å². The minimum atomic E-state index is -5.01. The van der Waals surface area contributed by atoms with E-state index < -0.39 is 53.6 Å². The molecule has 0 radical (unpaired) electrons. The third kappa shape index (κ3) is 6.45. The van der Waals surface area contributed by atoms with Gasteiger partial charge in [-0.1, -0.05) is 6.07 Å². The van der Waals surface area contributed by atoms with Crippen molar-refractivity contribution in [2.75, 3.05) is 20.1 Å². The van der Waals surface area contributed by atoms with Crippen molar-refractivity contribution in [1.82, 2.24) is 14.8 Å². The lowest BCUT2D eigenvalue weighted by atomic mass is 9.78. The largest absolute Gasteiger partial charge is 0.416 e. The maximum Gasteiger partial charge on any atom is 0.416 e. The number of aromatic nitrogens is 1. The van der Waals surface area contributed by atoms with Gasteiger partial charge in [0.2, 0.25) is 5.91 Å². The molecule has 0 saturated carbocycles. The molecule has 0 aliphatic carbocycles. The van der Waals surface area contributed by atoms with Crippen LogP contribution in [-0.4, -0.2) is 46.7 Å². The van der Waals surface area contributed by atoms with Crippen LogP contribution in [0.4, 0.5) is 30.7 Å². The van der Waals surface area contributed by atoms with Crippen LogP contribution in [0.2, 0.25) is 0 Å². The molecule has 2 aromatic carbocycles. The molecule has 5 nitrogen and oxygen atoms in total. The van der Waals surface area contributed by atoms with Crippen molar-refractivity contribution in [1.29, 1.82) is 0 Å². The summed E-state index contributed by atoms with van der Waals surface area (Å²) >= 11 is 1.16. The van der Waals surface area contributed by atoms with Gasteiger partial charge >= 0.3 is 12.4 Å². The third-order valence-electron chi connectivity index (χ3n) is 6.91. The van der Waals surface area contributed by atoms with E-state index in [1.54, 1.807) is 17.2 Å². The molecule has 2 heterocycles. The molecule has 0 spiro atoms. The van der Waals surface area contributed by atoms with E-state index >= 15 is 0 Å². The molecule has 1 aromatic heterocycles. The fraction of sp³-hybridized carbons (Fsp3) is 0.370. The number of likely N-dealkylation sites (tertiary alicyclic amines) is 1. The second kappa shape index (κ2) is 11.2. The van der Waals surface area contributed by atoms with Crippen molar-refractivity contribution in [2.45, 2.75) is 38.2 Å². The summed E-state index contributed by atoms with van der Waals surface area (Å²) in [4.78, 5) is 33.3. The number of benzene rings is 2. The molecule has 0 bridgehead atoms. The van der Waals surface area contributed by atoms with Gasteiger partial charge in [-0.25, -0.2) is 9.37 Å². The summed E-state index contributed by atoms with van der Waals surface area (Å²) in [5.74, 6) is -2.69. The minimum Gasteiger partial charge on any atom is -0.341 e. The Balaban J connectivity index is 1.63. The zero-order chi connectivity index (χ0) is 29.4. The number of amides is 2. The molecule has 0 N–H and O–H groups in total. The second-order valence-corrected chi connectivity index (χ2v) is 10.6. The Bertz CT molecular complexity index is 1360. The van der Waals surface area contributed by atoms with Gasteiger partial charge in [0.25, 0.3) is 5.91 Å². The van der Waals surface area contributed by atoms with Crippen LogP contribution in [-0.2, 0) is 23.7 Å². The molecule has 2 atom stereocenters. The average Bonchev–Trinajstić information content (AvgIpc) is 3.41. The van der Waals surface area contributed by atoms with Gasteiger partial charge in [0.1, 0.15) is 5.82 Å². The summed E-state index contributed by atoms with van der Waals surface area (Å²) in [7, 11) is 1.30. The fourth-order valence-electron chi connectivity index (χ4n) is 5.01. The van der Waals surface area contributed by atoms with Crippen molar-refractivity contribution in [3.05, 3.63) is 86.6 Å². The number of carbonyl (C=O) groups is 2. The molecule has 214 valence electrons. The number of rotatable bonds is 5. The van der Waals surface area contributed by atoms with E-state index in [-0.39, 0.29) is 42.1 Å². The Morgan fingerprint density at radius 1 is 1.05 bits per heavy atom. The Hall–Kier alpha value is -3.48. The van der Waals surface area contributed by atoms with E-state index in [1.165, 1.54) is 31.4 Å². The first-order valence-corrected chi connectivity index (χ1v) is 13.0. The first-order valence-electron chi connectivity index (χ1n) is 12.1. The van der Waals surface area contributed by atoms with Crippen molar-refractivity contribution in [3.8, 4) is 0 Å². The van der Waals surface area contributed by atoms with Gasteiger partial charge in [0, 0.05) is 50.1 Å². The number of carbonyl (C=O) groups excluding carboxylic acids is 2. The highest BCUT2D eigenvalue weighted by Gasteiger charge is 2.40. The molecule has 3 aromatic rings. The number of hydrogen-bond acceptors (Lipinski definition) is 4. The first-order chi connectivity index (χ1) is 18.6. The van der Waals surface area contributed by atoms with Crippen molar-refractivity contribution in [2.24, 2.45) is 5.92 Å². The van der Waals surface area contributed by atoms with Crippen LogP contribution in [0.3, 0.4) is 0 Å². The van der Waals surface area contributed by atoms with Gasteiger partial charge in [-0.05, 0) is 60.4 Å². The lowest BCUT2D eigenvalue weighted by Gasteiger charge is -2.40. The fourth-order valence-corrected chi connectivity index (χ4v) is 5.61. The van der Waals surface area contributed by atoms with Gasteiger partial charge < -0.3 is 9.80 Å². The van der Waals surface area contributed by atoms with Crippen LogP contribution < -0.4 is 0 Å².